The summed E-state index contributed by atoms with van der Waals surface area (Å²) in [5.41, 5.74) is -2.05. The molecule has 14 heavy (non-hydrogen) atoms. The van der Waals surface area contributed by atoms with E-state index in [9.17, 15) is 22.0 Å². The summed E-state index contributed by atoms with van der Waals surface area (Å²) in [4.78, 5) is 11.8. The highest BCUT2D eigenvalue weighted by molar-refractivity contribution is 8.13. The van der Waals surface area contributed by atoms with Crippen LogP contribution >= 0.6 is 10.7 Å². The van der Waals surface area contributed by atoms with Crippen LogP contribution < -0.4 is 5.43 Å². The molecule has 1 aromatic rings. The molecule has 0 spiro atoms. The molecule has 1 N–H and O–H groups in total. The number of aromatic nitrogens is 1. The molecule has 1 heterocycles. The second kappa shape index (κ2) is 3.66. The zero-order valence-corrected chi connectivity index (χ0v) is 8.07. The van der Waals surface area contributed by atoms with Crippen LogP contribution in [-0.2, 0) is 9.05 Å². The average Bonchev–Trinajstić information content (AvgIpc) is 2.01. The van der Waals surface area contributed by atoms with Crippen LogP contribution in [0, 0.1) is 0 Å². The Morgan fingerprint density at radius 2 is 2.00 bits per heavy atom. The van der Waals surface area contributed by atoms with Crippen LogP contribution in [0.3, 0.4) is 0 Å². The number of hydrogen-bond acceptors (Lipinski definition) is 3. The summed E-state index contributed by atoms with van der Waals surface area (Å²) in [5.74, 6) is 0. The van der Waals surface area contributed by atoms with Crippen LogP contribution in [0.1, 0.15) is 12.1 Å². The van der Waals surface area contributed by atoms with Gasteiger partial charge in [-0.2, -0.15) is 0 Å². The smallest absolute Gasteiger partial charge is 0.279 e. The van der Waals surface area contributed by atoms with E-state index in [0.717, 1.165) is 12.3 Å². The van der Waals surface area contributed by atoms with Crippen molar-refractivity contribution in [1.82, 2.24) is 4.98 Å². The first-order valence-electron chi connectivity index (χ1n) is 3.28. The largest absolute Gasteiger partial charge is 0.359 e. The first kappa shape index (κ1) is 11.1. The highest BCUT2D eigenvalue weighted by Crippen LogP contribution is 2.23. The van der Waals surface area contributed by atoms with Crippen molar-refractivity contribution < 1.29 is 17.2 Å². The van der Waals surface area contributed by atoms with Gasteiger partial charge in [0.15, 0.2) is 4.90 Å². The van der Waals surface area contributed by atoms with Gasteiger partial charge in [0.1, 0.15) is 5.69 Å². The molecule has 0 aromatic carbocycles. The summed E-state index contributed by atoms with van der Waals surface area (Å²) in [6.07, 6.45) is -2.18. The lowest BCUT2D eigenvalue weighted by Crippen LogP contribution is -2.15. The highest BCUT2D eigenvalue weighted by atomic mass is 35.7. The van der Waals surface area contributed by atoms with E-state index in [-0.39, 0.29) is 0 Å². The maximum absolute atomic E-state index is 12.2. The first-order valence-corrected chi connectivity index (χ1v) is 5.59. The molecule has 4 nitrogen and oxygen atoms in total. The van der Waals surface area contributed by atoms with Gasteiger partial charge < -0.3 is 4.98 Å². The lowest BCUT2D eigenvalue weighted by atomic mass is 10.3. The molecule has 0 atom stereocenters. The number of H-pyrrole nitrogens is 1. The van der Waals surface area contributed by atoms with E-state index in [1.165, 1.54) is 0 Å². The van der Waals surface area contributed by atoms with Gasteiger partial charge in [0.25, 0.3) is 15.5 Å². The van der Waals surface area contributed by atoms with E-state index >= 15 is 0 Å². The maximum atomic E-state index is 12.2. The number of nitrogens with one attached hydrogen (secondary N) is 1. The van der Waals surface area contributed by atoms with Crippen molar-refractivity contribution in [3.63, 3.8) is 0 Å². The van der Waals surface area contributed by atoms with Crippen molar-refractivity contribution in [3.8, 4) is 0 Å². The van der Waals surface area contributed by atoms with Crippen molar-refractivity contribution in [2.45, 2.75) is 11.3 Å². The summed E-state index contributed by atoms with van der Waals surface area (Å²) >= 11 is 0. The van der Waals surface area contributed by atoms with Crippen LogP contribution in [-0.4, -0.2) is 13.4 Å². The summed E-state index contributed by atoms with van der Waals surface area (Å²) in [6.45, 7) is 0. The van der Waals surface area contributed by atoms with Gasteiger partial charge in [-0.25, -0.2) is 17.2 Å². The van der Waals surface area contributed by atoms with E-state index in [0.29, 0.717) is 0 Å². The summed E-state index contributed by atoms with van der Waals surface area (Å²) in [6, 6.07) is 0.807. The number of hydrogen-bond donors (Lipinski definition) is 1. The predicted molar refractivity (Wildman–Crippen MR) is 45.1 cm³/mol. The van der Waals surface area contributed by atoms with Crippen LogP contribution in [0.2, 0.25) is 0 Å². The number of halogens is 3. The Hall–Kier alpha value is -0.950. The van der Waals surface area contributed by atoms with E-state index in [4.69, 9.17) is 10.7 Å². The van der Waals surface area contributed by atoms with Crippen molar-refractivity contribution in [3.05, 3.63) is 28.2 Å². The zero-order chi connectivity index (χ0) is 10.9. The van der Waals surface area contributed by atoms with Crippen molar-refractivity contribution >= 4 is 19.7 Å². The van der Waals surface area contributed by atoms with Gasteiger partial charge in [-0.15, -0.1) is 0 Å². The first-order chi connectivity index (χ1) is 6.34. The lowest BCUT2D eigenvalue weighted by molar-refractivity contribution is 0.142. The number of rotatable bonds is 2. The van der Waals surface area contributed by atoms with Crippen LogP contribution in [0.5, 0.6) is 0 Å². The van der Waals surface area contributed by atoms with Crippen molar-refractivity contribution in [2.75, 3.05) is 0 Å². The molecule has 78 valence electrons. The van der Waals surface area contributed by atoms with Gasteiger partial charge in [0.2, 0.25) is 5.43 Å². The van der Waals surface area contributed by atoms with Gasteiger partial charge in [-0.05, 0) is 0 Å². The predicted octanol–water partition coefficient (Wildman–Crippen LogP) is 1.24. The van der Waals surface area contributed by atoms with E-state index in [2.05, 4.69) is 0 Å². The minimum atomic E-state index is -4.46. The van der Waals surface area contributed by atoms with Gasteiger partial charge in [-0.3, -0.25) is 4.79 Å². The normalized spacial score (nSPS) is 12.0. The van der Waals surface area contributed by atoms with E-state index in [1.807, 2.05) is 4.98 Å². The monoisotopic (exact) mass is 243 g/mol. The molecule has 0 aliphatic carbocycles. The fourth-order valence-electron chi connectivity index (χ4n) is 0.895. The lowest BCUT2D eigenvalue weighted by Gasteiger charge is -2.03. The molecule has 0 aliphatic rings. The molecule has 0 saturated carbocycles. The fraction of sp³-hybridized carbons (Fsp3) is 0.167. The second-order valence-electron chi connectivity index (χ2n) is 2.32. The van der Waals surface area contributed by atoms with Crippen LogP contribution in [0.4, 0.5) is 8.78 Å². The zero-order valence-electron chi connectivity index (χ0n) is 6.50. The summed E-state index contributed by atoms with van der Waals surface area (Å²) in [7, 11) is 0.371. The Morgan fingerprint density at radius 1 is 1.43 bits per heavy atom. The van der Waals surface area contributed by atoms with Crippen LogP contribution in [0.25, 0.3) is 0 Å². The molecule has 0 radical (unpaired) electrons. The number of aromatic amines is 1. The molecule has 0 saturated heterocycles. The van der Waals surface area contributed by atoms with Crippen molar-refractivity contribution in [1.29, 1.82) is 0 Å². The second-order valence-corrected chi connectivity index (χ2v) is 4.83. The quantitative estimate of drug-likeness (QED) is 0.795. The van der Waals surface area contributed by atoms with E-state index < -0.39 is 31.5 Å². The molecule has 1 aromatic heterocycles. The standard InChI is InChI=1S/C6H4ClF2NO3S/c7-14(12,13)5-3(11)1-2-10-4(5)6(8)9/h1-2,6H,(H,10,11). The molecule has 0 unspecified atom stereocenters. The highest BCUT2D eigenvalue weighted by Gasteiger charge is 2.25. The number of pyridine rings is 1. The third-order valence-corrected chi connectivity index (χ3v) is 2.78. The Balaban J connectivity index is 3.63. The minimum Gasteiger partial charge on any atom is -0.359 e. The molecule has 0 aliphatic heterocycles. The molecular weight excluding hydrogens is 240 g/mol. The van der Waals surface area contributed by atoms with Crippen LogP contribution in [0.15, 0.2) is 22.0 Å². The van der Waals surface area contributed by atoms with Gasteiger partial charge in [-0.1, -0.05) is 0 Å². The Labute approximate surface area is 81.9 Å². The van der Waals surface area contributed by atoms with Gasteiger partial charge >= 0.3 is 0 Å². The average molecular weight is 244 g/mol. The fourth-order valence-corrected chi connectivity index (χ4v) is 2.09. The Morgan fingerprint density at radius 3 is 2.36 bits per heavy atom. The Bertz CT molecular complexity index is 496. The van der Waals surface area contributed by atoms with E-state index in [1.54, 1.807) is 0 Å². The molecular formula is C6H4ClF2NO3S. The molecule has 0 fully saturated rings. The molecule has 1 rings (SSSR count). The third-order valence-electron chi connectivity index (χ3n) is 1.40. The third kappa shape index (κ3) is 2.10. The topological polar surface area (TPSA) is 67.0 Å². The summed E-state index contributed by atoms with van der Waals surface area (Å²) in [5, 5.41) is 0. The molecule has 8 heteroatoms. The summed E-state index contributed by atoms with van der Waals surface area (Å²) < 4.78 is 46.1. The molecule has 0 amide bonds. The minimum absolute atomic E-state index is 0.807. The maximum Gasteiger partial charge on any atom is 0.279 e. The van der Waals surface area contributed by atoms with Gasteiger partial charge in [0, 0.05) is 22.9 Å². The SMILES string of the molecule is O=c1cc[nH]c(C(F)F)c1S(=O)(=O)Cl. The Kier molecular flexibility index (Phi) is 2.91. The van der Waals surface area contributed by atoms with Crippen molar-refractivity contribution in [2.24, 2.45) is 0 Å². The molecule has 0 bridgehead atoms. The number of alkyl halides is 2. The van der Waals surface area contributed by atoms with Gasteiger partial charge in [0.05, 0.1) is 0 Å².